The van der Waals surface area contributed by atoms with E-state index in [2.05, 4.69) is 15.6 Å². The maximum absolute atomic E-state index is 11.6. The van der Waals surface area contributed by atoms with Crippen LogP contribution >= 0.6 is 0 Å². The Labute approximate surface area is 174 Å². The van der Waals surface area contributed by atoms with Crippen LogP contribution in [0.15, 0.2) is 29.3 Å². The molecular weight excluding hydrogens is 392 g/mol. The molecule has 1 heterocycles. The summed E-state index contributed by atoms with van der Waals surface area (Å²) in [5.41, 5.74) is 0.752. The van der Waals surface area contributed by atoms with E-state index in [0.717, 1.165) is 17.7 Å². The van der Waals surface area contributed by atoms with Crippen molar-refractivity contribution in [2.24, 2.45) is 10.9 Å². The molecule has 0 saturated carbocycles. The summed E-state index contributed by atoms with van der Waals surface area (Å²) < 4.78 is 30.5. The van der Waals surface area contributed by atoms with Crippen molar-refractivity contribution in [1.29, 1.82) is 0 Å². The fourth-order valence-electron chi connectivity index (χ4n) is 3.20. The molecule has 29 heavy (non-hydrogen) atoms. The van der Waals surface area contributed by atoms with Gasteiger partial charge in [-0.15, -0.1) is 0 Å². The van der Waals surface area contributed by atoms with Gasteiger partial charge in [0.1, 0.15) is 5.75 Å². The van der Waals surface area contributed by atoms with Gasteiger partial charge in [-0.1, -0.05) is 12.1 Å². The number of aliphatic hydroxyl groups excluding tert-OH is 1. The predicted octanol–water partition coefficient (Wildman–Crippen LogP) is 1.34. The molecule has 1 fully saturated rings. The third-order valence-electron chi connectivity index (χ3n) is 4.66. The number of hydrogen-bond acceptors (Lipinski definition) is 5. The van der Waals surface area contributed by atoms with E-state index in [1.807, 2.05) is 45.0 Å². The number of aliphatic imine (C=N–C) groups is 1. The topological polar surface area (TPSA) is 103 Å². The first-order valence-electron chi connectivity index (χ1n) is 10.1. The van der Waals surface area contributed by atoms with Crippen LogP contribution in [0.25, 0.3) is 0 Å². The van der Waals surface area contributed by atoms with Crippen molar-refractivity contribution in [2.45, 2.75) is 39.4 Å². The predicted molar refractivity (Wildman–Crippen MR) is 116 cm³/mol. The molecule has 3 N–H and O–H groups in total. The zero-order chi connectivity index (χ0) is 21.4. The van der Waals surface area contributed by atoms with Gasteiger partial charge in [0.25, 0.3) is 0 Å². The van der Waals surface area contributed by atoms with Crippen molar-refractivity contribution < 1.29 is 18.3 Å². The number of ether oxygens (including phenoxy) is 1. The molecule has 2 rings (SSSR count). The highest BCUT2D eigenvalue weighted by Gasteiger charge is 2.28. The lowest BCUT2D eigenvalue weighted by Gasteiger charge is -2.17. The monoisotopic (exact) mass is 426 g/mol. The van der Waals surface area contributed by atoms with Crippen LogP contribution in [0, 0.1) is 5.92 Å². The van der Waals surface area contributed by atoms with Crippen LogP contribution in [0.1, 0.15) is 38.9 Å². The Morgan fingerprint density at radius 3 is 2.76 bits per heavy atom. The molecule has 8 nitrogen and oxygen atoms in total. The Morgan fingerprint density at radius 1 is 1.38 bits per heavy atom. The van der Waals surface area contributed by atoms with Gasteiger partial charge in [0.15, 0.2) is 5.96 Å². The number of rotatable bonds is 9. The third-order valence-corrected chi connectivity index (χ3v) is 5.93. The third kappa shape index (κ3) is 7.83. The maximum Gasteiger partial charge on any atom is 0.211 e. The molecule has 2 unspecified atom stereocenters. The fraction of sp³-hybridized carbons (Fsp3) is 0.650. The van der Waals surface area contributed by atoms with Gasteiger partial charge in [0.2, 0.25) is 10.0 Å². The van der Waals surface area contributed by atoms with E-state index in [1.54, 1.807) is 0 Å². The van der Waals surface area contributed by atoms with Crippen LogP contribution < -0.4 is 15.4 Å². The van der Waals surface area contributed by atoms with Crippen molar-refractivity contribution in [3.05, 3.63) is 29.8 Å². The molecule has 0 bridgehead atoms. The fourth-order valence-corrected chi connectivity index (χ4v) is 4.12. The second-order valence-corrected chi connectivity index (χ2v) is 9.61. The van der Waals surface area contributed by atoms with E-state index in [9.17, 15) is 13.5 Å². The van der Waals surface area contributed by atoms with E-state index < -0.39 is 16.1 Å². The molecule has 0 amide bonds. The summed E-state index contributed by atoms with van der Waals surface area (Å²) >= 11 is 0. The van der Waals surface area contributed by atoms with E-state index in [4.69, 9.17) is 4.74 Å². The minimum atomic E-state index is -3.13. The second-order valence-electron chi connectivity index (χ2n) is 7.63. The van der Waals surface area contributed by atoms with Crippen molar-refractivity contribution in [3.8, 4) is 5.75 Å². The number of hydrogen-bond donors (Lipinski definition) is 3. The number of nitrogens with one attached hydrogen (secondary N) is 2. The number of aliphatic hydroxyl groups is 1. The van der Waals surface area contributed by atoms with Gasteiger partial charge in [0, 0.05) is 26.2 Å². The minimum Gasteiger partial charge on any atom is -0.491 e. The standard InChI is InChI=1S/C20H34N4O4S/c1-5-21-20(22-12-16-9-10-24(14-16)29(4,26)27)23-13-19(25)17-7-6-8-18(11-17)28-15(2)3/h6-8,11,15-16,19,25H,5,9-10,12-14H2,1-4H3,(H2,21,22,23). The van der Waals surface area contributed by atoms with Crippen LogP contribution in [-0.2, 0) is 10.0 Å². The summed E-state index contributed by atoms with van der Waals surface area (Å²) in [5, 5.41) is 16.9. The summed E-state index contributed by atoms with van der Waals surface area (Å²) in [6, 6.07) is 7.41. The summed E-state index contributed by atoms with van der Waals surface area (Å²) in [6.07, 6.45) is 1.40. The number of benzene rings is 1. The molecule has 1 saturated heterocycles. The summed E-state index contributed by atoms with van der Waals surface area (Å²) in [4.78, 5) is 4.48. The van der Waals surface area contributed by atoms with Crippen LogP contribution in [-0.4, -0.2) is 68.9 Å². The van der Waals surface area contributed by atoms with Gasteiger partial charge in [-0.05, 0) is 50.8 Å². The van der Waals surface area contributed by atoms with Gasteiger partial charge in [0.05, 0.1) is 25.0 Å². The lowest BCUT2D eigenvalue weighted by Crippen LogP contribution is -2.40. The minimum absolute atomic E-state index is 0.0687. The highest BCUT2D eigenvalue weighted by atomic mass is 32.2. The van der Waals surface area contributed by atoms with E-state index >= 15 is 0 Å². The van der Waals surface area contributed by atoms with E-state index in [1.165, 1.54) is 10.6 Å². The number of sulfonamides is 1. The molecule has 0 aliphatic carbocycles. The van der Waals surface area contributed by atoms with Gasteiger partial charge < -0.3 is 20.5 Å². The Morgan fingerprint density at radius 2 is 2.14 bits per heavy atom. The molecule has 1 aromatic carbocycles. The normalized spacial score (nSPS) is 19.4. The van der Waals surface area contributed by atoms with Crippen LogP contribution in [0.3, 0.4) is 0 Å². The van der Waals surface area contributed by atoms with Crippen LogP contribution in [0.2, 0.25) is 0 Å². The van der Waals surface area contributed by atoms with Crippen molar-refractivity contribution in [1.82, 2.24) is 14.9 Å². The lowest BCUT2D eigenvalue weighted by atomic mass is 10.1. The van der Waals surface area contributed by atoms with Crippen molar-refractivity contribution in [2.75, 3.05) is 39.0 Å². The number of nitrogens with zero attached hydrogens (tertiary/aromatic N) is 2. The van der Waals surface area contributed by atoms with E-state index in [-0.39, 0.29) is 18.6 Å². The SMILES string of the molecule is CCNC(=NCC(O)c1cccc(OC(C)C)c1)NCC1CCN(S(C)(=O)=O)C1. The van der Waals surface area contributed by atoms with Gasteiger partial charge in [-0.3, -0.25) is 4.99 Å². The lowest BCUT2D eigenvalue weighted by molar-refractivity contribution is 0.185. The number of guanidine groups is 1. The maximum atomic E-state index is 11.6. The Hall–Kier alpha value is -1.84. The second kappa shape index (κ2) is 10.8. The molecule has 0 aromatic heterocycles. The Kier molecular flexibility index (Phi) is 8.73. The molecule has 164 valence electrons. The average Bonchev–Trinajstić information content (AvgIpc) is 3.13. The molecule has 2 atom stereocenters. The molecule has 9 heteroatoms. The smallest absolute Gasteiger partial charge is 0.211 e. The summed E-state index contributed by atoms with van der Waals surface area (Å²) in [7, 11) is -3.13. The van der Waals surface area contributed by atoms with Crippen LogP contribution in [0.5, 0.6) is 5.75 Å². The zero-order valence-electron chi connectivity index (χ0n) is 17.8. The summed E-state index contributed by atoms with van der Waals surface area (Å²) in [6.45, 7) is 8.51. The molecular formula is C20H34N4O4S. The first-order chi connectivity index (χ1) is 13.7. The first-order valence-corrected chi connectivity index (χ1v) is 12.0. The largest absolute Gasteiger partial charge is 0.491 e. The molecule has 0 radical (unpaired) electrons. The van der Waals surface area contributed by atoms with Crippen molar-refractivity contribution in [3.63, 3.8) is 0 Å². The molecule has 1 aliphatic heterocycles. The first kappa shape index (κ1) is 23.4. The van der Waals surface area contributed by atoms with Gasteiger partial charge in [-0.25, -0.2) is 12.7 Å². The van der Waals surface area contributed by atoms with E-state index in [0.29, 0.717) is 32.1 Å². The molecule has 0 spiro atoms. The quantitative estimate of drug-likeness (QED) is 0.407. The zero-order valence-corrected chi connectivity index (χ0v) is 18.6. The van der Waals surface area contributed by atoms with Gasteiger partial charge in [-0.2, -0.15) is 0 Å². The van der Waals surface area contributed by atoms with Gasteiger partial charge >= 0.3 is 0 Å². The highest BCUT2D eigenvalue weighted by molar-refractivity contribution is 7.88. The van der Waals surface area contributed by atoms with Crippen LogP contribution in [0.4, 0.5) is 0 Å². The average molecular weight is 427 g/mol. The molecule has 1 aliphatic rings. The Bertz CT molecular complexity index is 782. The van der Waals surface area contributed by atoms with Crippen molar-refractivity contribution >= 4 is 16.0 Å². The summed E-state index contributed by atoms with van der Waals surface area (Å²) in [5.74, 6) is 1.57. The molecule has 1 aromatic rings. The highest BCUT2D eigenvalue weighted by Crippen LogP contribution is 2.21. The Balaban J connectivity index is 1.91.